The quantitative estimate of drug-likeness (QED) is 0.325. The zero-order chi connectivity index (χ0) is 16.2. The molecule has 6 heteroatoms. The minimum absolute atomic E-state index is 0.412. The first-order chi connectivity index (χ1) is 10.7. The molecule has 0 fully saturated rings. The normalized spacial score (nSPS) is 11.8. The fourth-order valence-electron chi connectivity index (χ4n) is 1.57. The van der Waals surface area contributed by atoms with Gasteiger partial charge in [0.15, 0.2) is 11.9 Å². The van der Waals surface area contributed by atoms with E-state index < -0.39 is 0 Å². The minimum Gasteiger partial charge on any atom is -0.370 e. The maximum atomic E-state index is 5.70. The Morgan fingerprint density at radius 3 is 1.55 bits per heavy atom. The van der Waals surface area contributed by atoms with Gasteiger partial charge in [-0.1, -0.05) is 36.4 Å². The summed E-state index contributed by atoms with van der Waals surface area (Å²) in [6.45, 7) is 9.48. The molecule has 0 heterocycles. The maximum Gasteiger partial charge on any atom is 0.189 e. The second-order valence-corrected chi connectivity index (χ2v) is 4.56. The molecule has 0 saturated heterocycles. The number of aliphatic imine (C=N–C) groups is 2. The molecule has 0 saturated carbocycles. The summed E-state index contributed by atoms with van der Waals surface area (Å²) >= 11 is 0. The van der Waals surface area contributed by atoms with Crippen molar-refractivity contribution in [1.29, 1.82) is 0 Å². The highest BCUT2D eigenvalue weighted by molar-refractivity contribution is 5.78. The van der Waals surface area contributed by atoms with Crippen LogP contribution >= 0.6 is 0 Å². The summed E-state index contributed by atoms with van der Waals surface area (Å²) < 4.78 is 0. The molecule has 0 aliphatic rings. The first kappa shape index (κ1) is 17.3. The van der Waals surface area contributed by atoms with Crippen LogP contribution in [0.15, 0.2) is 59.6 Å². The zero-order valence-corrected chi connectivity index (χ0v) is 12.8. The zero-order valence-electron chi connectivity index (χ0n) is 12.8. The van der Waals surface area contributed by atoms with Crippen LogP contribution in [0.25, 0.3) is 0 Å². The van der Waals surface area contributed by atoms with Gasteiger partial charge in [-0.2, -0.15) is 0 Å². The van der Waals surface area contributed by atoms with Crippen molar-refractivity contribution in [3.8, 4) is 0 Å². The lowest BCUT2D eigenvalue weighted by atomic mass is 10.1. The Morgan fingerprint density at radius 2 is 1.23 bits per heavy atom. The average molecular weight is 300 g/mol. The number of nitrogens with one attached hydrogen (secondary N) is 2. The molecule has 1 aromatic rings. The second kappa shape index (κ2) is 10.0. The van der Waals surface area contributed by atoms with Gasteiger partial charge in [0.2, 0.25) is 0 Å². The molecule has 0 spiro atoms. The van der Waals surface area contributed by atoms with E-state index in [0.717, 1.165) is 11.1 Å². The standard InChI is InChI=1S/C16H24N6/c1-3-9-19-15(17)21-11-13-5-7-14(8-6-13)12-22-16(18)20-10-4-2/h3-8H,1-2,9-12H2,(H3,17,19,21)(H3,18,20,22). The molecule has 0 aromatic heterocycles. The van der Waals surface area contributed by atoms with Gasteiger partial charge in [-0.3, -0.25) is 0 Å². The Bertz CT molecular complexity index is 481. The molecule has 1 rings (SSSR count). The van der Waals surface area contributed by atoms with Gasteiger partial charge in [-0.15, -0.1) is 13.2 Å². The van der Waals surface area contributed by atoms with Crippen LogP contribution in [-0.4, -0.2) is 25.0 Å². The van der Waals surface area contributed by atoms with Gasteiger partial charge in [0, 0.05) is 13.1 Å². The van der Waals surface area contributed by atoms with Crippen molar-refractivity contribution in [3.05, 3.63) is 60.7 Å². The molecule has 0 radical (unpaired) electrons. The Morgan fingerprint density at radius 1 is 0.864 bits per heavy atom. The molecule has 0 aliphatic carbocycles. The first-order valence-electron chi connectivity index (χ1n) is 7.03. The van der Waals surface area contributed by atoms with E-state index in [9.17, 15) is 0 Å². The Balaban J connectivity index is 2.49. The lowest BCUT2D eigenvalue weighted by Crippen LogP contribution is -2.31. The number of hydrogen-bond acceptors (Lipinski definition) is 2. The molecular weight excluding hydrogens is 276 g/mol. The van der Waals surface area contributed by atoms with Crippen LogP contribution in [0, 0.1) is 0 Å². The van der Waals surface area contributed by atoms with Crippen LogP contribution in [-0.2, 0) is 13.1 Å². The average Bonchev–Trinajstić information content (AvgIpc) is 2.55. The minimum atomic E-state index is 0.412. The van der Waals surface area contributed by atoms with Crippen LogP contribution < -0.4 is 22.1 Å². The van der Waals surface area contributed by atoms with Crippen LogP contribution in [0.1, 0.15) is 11.1 Å². The predicted molar refractivity (Wildman–Crippen MR) is 93.5 cm³/mol. The third-order valence-corrected chi connectivity index (χ3v) is 2.74. The van der Waals surface area contributed by atoms with E-state index in [-0.39, 0.29) is 0 Å². The number of rotatable bonds is 8. The van der Waals surface area contributed by atoms with Crippen molar-refractivity contribution in [2.24, 2.45) is 21.5 Å². The van der Waals surface area contributed by atoms with E-state index in [4.69, 9.17) is 11.5 Å². The van der Waals surface area contributed by atoms with E-state index in [1.54, 1.807) is 12.2 Å². The maximum absolute atomic E-state index is 5.70. The summed E-state index contributed by atoms with van der Waals surface area (Å²) in [7, 11) is 0. The number of guanidine groups is 2. The lowest BCUT2D eigenvalue weighted by Gasteiger charge is -2.04. The SMILES string of the molecule is C=CCNC(N)=NCc1ccc(CN=C(N)NCC=C)cc1. The van der Waals surface area contributed by atoms with Crippen LogP contribution in [0.5, 0.6) is 0 Å². The largest absolute Gasteiger partial charge is 0.370 e. The summed E-state index contributed by atoms with van der Waals surface area (Å²) in [4.78, 5) is 8.48. The molecule has 0 aliphatic heterocycles. The smallest absolute Gasteiger partial charge is 0.189 e. The monoisotopic (exact) mass is 300 g/mol. The van der Waals surface area contributed by atoms with Crippen LogP contribution in [0.4, 0.5) is 0 Å². The van der Waals surface area contributed by atoms with Gasteiger partial charge in [-0.25, -0.2) is 9.98 Å². The lowest BCUT2D eigenvalue weighted by molar-refractivity contribution is 0.959. The molecule has 1 aromatic carbocycles. The van der Waals surface area contributed by atoms with E-state index in [0.29, 0.717) is 38.1 Å². The summed E-state index contributed by atoms with van der Waals surface area (Å²) in [5.74, 6) is 0.823. The highest BCUT2D eigenvalue weighted by Crippen LogP contribution is 2.06. The van der Waals surface area contributed by atoms with E-state index in [1.165, 1.54) is 0 Å². The molecule has 6 nitrogen and oxygen atoms in total. The van der Waals surface area contributed by atoms with Gasteiger partial charge < -0.3 is 22.1 Å². The number of nitrogens with two attached hydrogens (primary N) is 2. The van der Waals surface area contributed by atoms with Crippen molar-refractivity contribution in [2.75, 3.05) is 13.1 Å². The highest BCUT2D eigenvalue weighted by atomic mass is 15.1. The highest BCUT2D eigenvalue weighted by Gasteiger charge is 1.96. The molecule has 118 valence electrons. The summed E-state index contributed by atoms with van der Waals surface area (Å²) in [5, 5.41) is 5.86. The van der Waals surface area contributed by atoms with Crippen LogP contribution in [0.2, 0.25) is 0 Å². The summed E-state index contributed by atoms with van der Waals surface area (Å²) in [6, 6.07) is 8.01. The molecule has 22 heavy (non-hydrogen) atoms. The fraction of sp³-hybridized carbons (Fsp3) is 0.250. The molecule has 0 atom stereocenters. The van der Waals surface area contributed by atoms with Crippen molar-refractivity contribution < 1.29 is 0 Å². The molecule has 0 bridgehead atoms. The third kappa shape index (κ3) is 7.14. The summed E-state index contributed by atoms with van der Waals surface area (Å²) in [6.07, 6.45) is 3.46. The topological polar surface area (TPSA) is 101 Å². The van der Waals surface area contributed by atoms with Crippen molar-refractivity contribution in [2.45, 2.75) is 13.1 Å². The van der Waals surface area contributed by atoms with Gasteiger partial charge in [0.25, 0.3) is 0 Å². The first-order valence-corrected chi connectivity index (χ1v) is 7.03. The van der Waals surface area contributed by atoms with Crippen molar-refractivity contribution in [3.63, 3.8) is 0 Å². The van der Waals surface area contributed by atoms with E-state index >= 15 is 0 Å². The number of hydrogen-bond donors (Lipinski definition) is 4. The van der Waals surface area contributed by atoms with E-state index in [1.807, 2.05) is 24.3 Å². The number of benzene rings is 1. The fourth-order valence-corrected chi connectivity index (χ4v) is 1.57. The Kier molecular flexibility index (Phi) is 7.89. The van der Waals surface area contributed by atoms with Gasteiger partial charge in [0.1, 0.15) is 0 Å². The Hall–Kier alpha value is -2.76. The molecule has 6 N–H and O–H groups in total. The molecular formula is C16H24N6. The molecule has 0 unspecified atom stereocenters. The van der Waals surface area contributed by atoms with Gasteiger partial charge in [0.05, 0.1) is 13.1 Å². The van der Waals surface area contributed by atoms with Gasteiger partial charge >= 0.3 is 0 Å². The van der Waals surface area contributed by atoms with Crippen LogP contribution in [0.3, 0.4) is 0 Å². The van der Waals surface area contributed by atoms with Gasteiger partial charge in [-0.05, 0) is 11.1 Å². The van der Waals surface area contributed by atoms with Crippen molar-refractivity contribution in [1.82, 2.24) is 10.6 Å². The molecule has 0 amide bonds. The van der Waals surface area contributed by atoms with Crippen molar-refractivity contribution >= 4 is 11.9 Å². The van der Waals surface area contributed by atoms with E-state index in [2.05, 4.69) is 33.8 Å². The third-order valence-electron chi connectivity index (χ3n) is 2.74. The second-order valence-electron chi connectivity index (χ2n) is 4.56. The number of nitrogens with zero attached hydrogens (tertiary/aromatic N) is 2. The Labute approximate surface area is 131 Å². The predicted octanol–water partition coefficient (Wildman–Crippen LogP) is 0.867. The summed E-state index contributed by atoms with van der Waals surface area (Å²) in [5.41, 5.74) is 13.6.